The fraction of sp³-hybridized carbons (Fsp3) is 0.278. The SMILES string of the molecule is O=C(Nc1ccc(Cn2cccn2)cc1)Nc1[nH]ncc1C1CCC1. The molecule has 0 spiro atoms. The number of aromatic amines is 1. The summed E-state index contributed by atoms with van der Waals surface area (Å²) >= 11 is 0. The summed E-state index contributed by atoms with van der Waals surface area (Å²) in [6.45, 7) is 0.707. The third-order valence-electron chi connectivity index (χ3n) is 4.57. The summed E-state index contributed by atoms with van der Waals surface area (Å²) in [5.74, 6) is 1.20. The van der Waals surface area contributed by atoms with E-state index in [-0.39, 0.29) is 6.03 Å². The van der Waals surface area contributed by atoms with Crippen molar-refractivity contribution < 1.29 is 4.79 Å². The third kappa shape index (κ3) is 3.55. The van der Waals surface area contributed by atoms with E-state index in [0.717, 1.165) is 29.7 Å². The summed E-state index contributed by atoms with van der Waals surface area (Å²) in [5, 5.41) is 16.8. The predicted molar refractivity (Wildman–Crippen MR) is 95.6 cm³/mol. The Hall–Kier alpha value is -3.09. The van der Waals surface area contributed by atoms with Crippen LogP contribution in [0.3, 0.4) is 0 Å². The van der Waals surface area contributed by atoms with Gasteiger partial charge in [-0.15, -0.1) is 0 Å². The van der Waals surface area contributed by atoms with Gasteiger partial charge in [0.15, 0.2) is 0 Å². The van der Waals surface area contributed by atoms with Crippen LogP contribution in [0.15, 0.2) is 48.9 Å². The molecule has 3 N–H and O–H groups in total. The number of carbonyl (C=O) groups excluding carboxylic acids is 1. The summed E-state index contributed by atoms with van der Waals surface area (Å²) < 4.78 is 1.86. The molecule has 4 rings (SSSR count). The van der Waals surface area contributed by atoms with Gasteiger partial charge in [-0.3, -0.25) is 15.1 Å². The van der Waals surface area contributed by atoms with Gasteiger partial charge in [-0.2, -0.15) is 10.2 Å². The van der Waals surface area contributed by atoms with Gasteiger partial charge in [0.05, 0.1) is 12.7 Å². The van der Waals surface area contributed by atoms with Crippen LogP contribution in [0.1, 0.15) is 36.3 Å². The molecule has 1 saturated carbocycles. The van der Waals surface area contributed by atoms with Gasteiger partial charge in [-0.25, -0.2) is 4.79 Å². The topological polar surface area (TPSA) is 87.6 Å². The molecule has 0 unspecified atom stereocenters. The van der Waals surface area contributed by atoms with Crippen molar-refractivity contribution in [2.24, 2.45) is 0 Å². The molecule has 1 aliphatic rings. The highest BCUT2D eigenvalue weighted by Gasteiger charge is 2.24. The number of anilines is 2. The normalized spacial score (nSPS) is 14.1. The first-order valence-corrected chi connectivity index (χ1v) is 8.45. The average molecular weight is 336 g/mol. The van der Waals surface area contributed by atoms with Crippen molar-refractivity contribution in [3.63, 3.8) is 0 Å². The number of amides is 2. The fourth-order valence-corrected chi connectivity index (χ4v) is 2.97. The first-order chi connectivity index (χ1) is 12.3. The molecule has 25 heavy (non-hydrogen) atoms. The van der Waals surface area contributed by atoms with Crippen LogP contribution in [0.2, 0.25) is 0 Å². The Morgan fingerprint density at radius 3 is 2.76 bits per heavy atom. The molecule has 0 radical (unpaired) electrons. The van der Waals surface area contributed by atoms with Crippen LogP contribution < -0.4 is 10.6 Å². The summed E-state index contributed by atoms with van der Waals surface area (Å²) in [5.41, 5.74) is 2.96. The molecule has 7 nitrogen and oxygen atoms in total. The quantitative estimate of drug-likeness (QED) is 0.665. The van der Waals surface area contributed by atoms with E-state index in [1.165, 1.54) is 6.42 Å². The van der Waals surface area contributed by atoms with Crippen molar-refractivity contribution in [1.29, 1.82) is 0 Å². The summed E-state index contributed by atoms with van der Waals surface area (Å²) in [7, 11) is 0. The molecule has 2 amide bonds. The van der Waals surface area contributed by atoms with Crippen LogP contribution in [-0.4, -0.2) is 26.0 Å². The molecule has 7 heteroatoms. The number of nitrogens with one attached hydrogen (secondary N) is 3. The molecule has 3 aromatic rings. The van der Waals surface area contributed by atoms with Crippen LogP contribution in [-0.2, 0) is 6.54 Å². The zero-order valence-corrected chi connectivity index (χ0v) is 13.8. The van der Waals surface area contributed by atoms with Gasteiger partial charge < -0.3 is 5.32 Å². The molecular formula is C18H20N6O. The minimum Gasteiger partial charge on any atom is -0.308 e. The van der Waals surface area contributed by atoms with E-state index >= 15 is 0 Å². The lowest BCUT2D eigenvalue weighted by molar-refractivity contribution is 0.262. The number of aromatic nitrogens is 4. The molecular weight excluding hydrogens is 316 g/mol. The minimum absolute atomic E-state index is 0.273. The van der Waals surface area contributed by atoms with Crippen LogP contribution in [0.5, 0.6) is 0 Å². The number of carbonyl (C=O) groups is 1. The Bertz CT molecular complexity index is 833. The van der Waals surface area contributed by atoms with Crippen molar-refractivity contribution in [2.75, 3.05) is 10.6 Å². The lowest BCUT2D eigenvalue weighted by Crippen LogP contribution is -2.21. The number of hydrogen-bond donors (Lipinski definition) is 3. The highest BCUT2D eigenvalue weighted by molar-refractivity contribution is 5.99. The van der Waals surface area contributed by atoms with Crippen LogP contribution in [0.4, 0.5) is 16.3 Å². The lowest BCUT2D eigenvalue weighted by atomic mass is 9.81. The van der Waals surface area contributed by atoms with Crippen LogP contribution in [0.25, 0.3) is 0 Å². The maximum atomic E-state index is 12.2. The van der Waals surface area contributed by atoms with Gasteiger partial charge in [0.25, 0.3) is 0 Å². The zero-order chi connectivity index (χ0) is 17.1. The minimum atomic E-state index is -0.273. The van der Waals surface area contributed by atoms with Gasteiger partial charge in [0.1, 0.15) is 5.82 Å². The average Bonchev–Trinajstić information content (AvgIpc) is 3.21. The van der Waals surface area contributed by atoms with E-state index in [1.54, 1.807) is 6.20 Å². The van der Waals surface area contributed by atoms with Crippen molar-refractivity contribution in [1.82, 2.24) is 20.0 Å². The summed E-state index contributed by atoms with van der Waals surface area (Å²) in [6, 6.07) is 9.36. The molecule has 1 fully saturated rings. The van der Waals surface area contributed by atoms with Crippen LogP contribution >= 0.6 is 0 Å². The van der Waals surface area contributed by atoms with Gasteiger partial charge in [-0.1, -0.05) is 18.6 Å². The third-order valence-corrected chi connectivity index (χ3v) is 4.57. The van der Waals surface area contributed by atoms with Crippen molar-refractivity contribution in [2.45, 2.75) is 31.7 Å². The maximum absolute atomic E-state index is 12.2. The standard InChI is InChI=1S/C18H20N6O/c25-18(22-17-16(11-19-23-17)14-3-1-4-14)21-15-7-5-13(6-8-15)12-24-10-2-9-20-24/h2,5-11,14H,1,3-4,12H2,(H3,19,21,22,23,25). The van der Waals surface area contributed by atoms with Crippen molar-refractivity contribution in [3.05, 3.63) is 60.0 Å². The number of benzene rings is 1. The maximum Gasteiger partial charge on any atom is 0.324 e. The van der Waals surface area contributed by atoms with E-state index in [4.69, 9.17) is 0 Å². The predicted octanol–water partition coefficient (Wildman–Crippen LogP) is 3.57. The molecule has 1 aromatic carbocycles. The van der Waals surface area contributed by atoms with Gasteiger partial charge in [0.2, 0.25) is 0 Å². The van der Waals surface area contributed by atoms with E-state index in [2.05, 4.69) is 25.9 Å². The molecule has 0 aliphatic heterocycles. The number of rotatable bonds is 5. The number of nitrogens with zero attached hydrogens (tertiary/aromatic N) is 3. The lowest BCUT2D eigenvalue weighted by Gasteiger charge is -2.25. The van der Waals surface area contributed by atoms with Crippen LogP contribution in [0, 0.1) is 0 Å². The second-order valence-electron chi connectivity index (χ2n) is 6.31. The second kappa shape index (κ2) is 6.80. The molecule has 2 heterocycles. The number of urea groups is 1. The second-order valence-corrected chi connectivity index (χ2v) is 6.31. The Kier molecular flexibility index (Phi) is 4.20. The first kappa shape index (κ1) is 15.4. The fourth-order valence-electron chi connectivity index (χ4n) is 2.97. The Morgan fingerprint density at radius 2 is 2.08 bits per heavy atom. The van der Waals surface area contributed by atoms with Crippen molar-refractivity contribution in [3.8, 4) is 0 Å². The summed E-state index contributed by atoms with van der Waals surface area (Å²) in [4.78, 5) is 12.2. The largest absolute Gasteiger partial charge is 0.324 e. The van der Waals surface area contributed by atoms with Gasteiger partial charge >= 0.3 is 6.03 Å². The van der Waals surface area contributed by atoms with E-state index in [9.17, 15) is 4.79 Å². The molecule has 0 saturated heterocycles. The Balaban J connectivity index is 1.35. The Labute approximate surface area is 145 Å². The number of hydrogen-bond acceptors (Lipinski definition) is 3. The molecule has 0 atom stereocenters. The van der Waals surface area contributed by atoms with Gasteiger partial charge in [-0.05, 0) is 42.5 Å². The van der Waals surface area contributed by atoms with E-state index in [1.807, 2.05) is 47.4 Å². The van der Waals surface area contributed by atoms with E-state index < -0.39 is 0 Å². The van der Waals surface area contributed by atoms with E-state index in [0.29, 0.717) is 18.3 Å². The number of H-pyrrole nitrogens is 1. The monoisotopic (exact) mass is 336 g/mol. The smallest absolute Gasteiger partial charge is 0.308 e. The molecule has 0 bridgehead atoms. The highest BCUT2D eigenvalue weighted by atomic mass is 16.2. The first-order valence-electron chi connectivity index (χ1n) is 8.45. The Morgan fingerprint density at radius 1 is 1.24 bits per heavy atom. The molecule has 1 aliphatic carbocycles. The highest BCUT2D eigenvalue weighted by Crippen LogP contribution is 2.38. The summed E-state index contributed by atoms with van der Waals surface area (Å²) in [6.07, 6.45) is 9.05. The molecule has 2 aromatic heterocycles. The van der Waals surface area contributed by atoms with Gasteiger partial charge in [0, 0.05) is 23.6 Å². The molecule has 128 valence electrons. The zero-order valence-electron chi connectivity index (χ0n) is 13.8. The van der Waals surface area contributed by atoms with Crippen molar-refractivity contribution >= 4 is 17.5 Å².